The van der Waals surface area contributed by atoms with E-state index < -0.39 is 5.97 Å². The molecule has 2 N–H and O–H groups in total. The molecule has 0 spiro atoms. The highest BCUT2D eigenvalue weighted by molar-refractivity contribution is 5.89. The van der Waals surface area contributed by atoms with E-state index in [4.69, 9.17) is 15.2 Å². The quantitative estimate of drug-likeness (QED) is 0.846. The molecule has 20 heavy (non-hydrogen) atoms. The molecule has 0 amide bonds. The Balaban J connectivity index is 2.13. The smallest absolute Gasteiger partial charge is 0.339 e. The predicted octanol–water partition coefficient (Wildman–Crippen LogP) is 2.51. The molecule has 5 nitrogen and oxygen atoms in total. The predicted molar refractivity (Wildman–Crippen MR) is 74.6 cm³/mol. The van der Waals surface area contributed by atoms with E-state index in [1.165, 1.54) is 6.20 Å². The summed E-state index contributed by atoms with van der Waals surface area (Å²) in [5.41, 5.74) is 6.93. The third kappa shape index (κ3) is 3.33. The largest absolute Gasteiger partial charge is 0.462 e. The molecular weight excluding hydrogens is 256 g/mol. The van der Waals surface area contributed by atoms with E-state index >= 15 is 0 Å². The number of pyridine rings is 1. The van der Waals surface area contributed by atoms with Crippen molar-refractivity contribution < 1.29 is 14.3 Å². The molecule has 0 saturated heterocycles. The van der Waals surface area contributed by atoms with Crippen LogP contribution in [0, 0.1) is 0 Å². The summed E-state index contributed by atoms with van der Waals surface area (Å²) in [4.78, 5) is 15.6. The summed E-state index contributed by atoms with van der Waals surface area (Å²) in [6.07, 6.45) is 1.43. The van der Waals surface area contributed by atoms with Gasteiger partial charge in [-0.2, -0.15) is 0 Å². The first-order chi connectivity index (χ1) is 9.74. The van der Waals surface area contributed by atoms with Crippen molar-refractivity contribution in [2.75, 3.05) is 6.61 Å². The highest BCUT2D eigenvalue weighted by Gasteiger charge is 2.08. The lowest BCUT2D eigenvalue weighted by molar-refractivity contribution is 0.0526. The van der Waals surface area contributed by atoms with Crippen molar-refractivity contribution in [2.24, 2.45) is 5.73 Å². The fourth-order valence-electron chi connectivity index (χ4n) is 1.66. The minimum atomic E-state index is -0.395. The van der Waals surface area contributed by atoms with E-state index in [0.717, 1.165) is 5.56 Å². The van der Waals surface area contributed by atoms with Crippen molar-refractivity contribution in [1.82, 2.24) is 4.98 Å². The Morgan fingerprint density at radius 3 is 2.70 bits per heavy atom. The van der Waals surface area contributed by atoms with E-state index in [1.807, 2.05) is 24.3 Å². The number of esters is 1. The summed E-state index contributed by atoms with van der Waals surface area (Å²) in [7, 11) is 0. The minimum absolute atomic E-state index is 0.334. The monoisotopic (exact) mass is 272 g/mol. The Hall–Kier alpha value is -2.40. The van der Waals surface area contributed by atoms with E-state index in [-0.39, 0.29) is 0 Å². The third-order valence-electron chi connectivity index (χ3n) is 2.65. The molecule has 0 fully saturated rings. The summed E-state index contributed by atoms with van der Waals surface area (Å²) >= 11 is 0. The maximum Gasteiger partial charge on any atom is 0.339 e. The van der Waals surface area contributed by atoms with Crippen molar-refractivity contribution >= 4 is 5.97 Å². The highest BCUT2D eigenvalue weighted by Crippen LogP contribution is 2.23. The molecule has 5 heteroatoms. The molecule has 0 saturated carbocycles. The molecule has 0 bridgehead atoms. The fourth-order valence-corrected chi connectivity index (χ4v) is 1.66. The summed E-state index contributed by atoms with van der Waals surface area (Å²) < 4.78 is 10.5. The number of carbonyl (C=O) groups excluding carboxylic acids is 1. The summed E-state index contributed by atoms with van der Waals surface area (Å²) in [6.45, 7) is 2.48. The van der Waals surface area contributed by atoms with Gasteiger partial charge in [0.15, 0.2) is 0 Å². The van der Waals surface area contributed by atoms with Gasteiger partial charge in [-0.05, 0) is 19.1 Å². The zero-order chi connectivity index (χ0) is 14.4. The SMILES string of the molecule is CCOC(=O)c1ccc(Oc2ccccc2CN)nc1. The zero-order valence-electron chi connectivity index (χ0n) is 11.2. The second-order valence-electron chi connectivity index (χ2n) is 4.02. The van der Waals surface area contributed by atoms with Crippen LogP contribution in [0.1, 0.15) is 22.8 Å². The van der Waals surface area contributed by atoms with E-state index in [9.17, 15) is 4.79 Å². The number of ether oxygens (including phenoxy) is 2. The van der Waals surface area contributed by atoms with Crippen LogP contribution in [0.15, 0.2) is 42.6 Å². The molecule has 0 aliphatic carbocycles. The molecule has 2 rings (SSSR count). The maximum absolute atomic E-state index is 11.5. The lowest BCUT2D eigenvalue weighted by Gasteiger charge is -2.09. The Bertz CT molecular complexity index is 582. The van der Waals surface area contributed by atoms with Crippen LogP contribution in [0.5, 0.6) is 11.6 Å². The van der Waals surface area contributed by atoms with Gasteiger partial charge >= 0.3 is 5.97 Å². The van der Waals surface area contributed by atoms with Gasteiger partial charge in [-0.15, -0.1) is 0 Å². The number of hydrogen-bond donors (Lipinski definition) is 1. The Kier molecular flexibility index (Phi) is 4.68. The van der Waals surface area contributed by atoms with Crippen LogP contribution in [0.2, 0.25) is 0 Å². The van der Waals surface area contributed by atoms with Crippen LogP contribution in [0.25, 0.3) is 0 Å². The molecule has 0 radical (unpaired) electrons. The Morgan fingerprint density at radius 1 is 1.25 bits per heavy atom. The molecule has 104 valence electrons. The second-order valence-corrected chi connectivity index (χ2v) is 4.02. The second kappa shape index (κ2) is 6.68. The third-order valence-corrected chi connectivity index (χ3v) is 2.65. The van der Waals surface area contributed by atoms with Crippen molar-refractivity contribution in [2.45, 2.75) is 13.5 Å². The number of carbonyl (C=O) groups is 1. The molecule has 1 heterocycles. The molecule has 0 atom stereocenters. The van der Waals surface area contributed by atoms with Gasteiger partial charge in [0.05, 0.1) is 12.2 Å². The number of rotatable bonds is 5. The van der Waals surface area contributed by atoms with Gasteiger partial charge in [-0.1, -0.05) is 18.2 Å². The van der Waals surface area contributed by atoms with Gasteiger partial charge in [-0.25, -0.2) is 9.78 Å². The summed E-state index contributed by atoms with van der Waals surface area (Å²) in [5, 5.41) is 0. The van der Waals surface area contributed by atoms with Gasteiger partial charge < -0.3 is 15.2 Å². The van der Waals surface area contributed by atoms with Gasteiger partial charge in [0.2, 0.25) is 5.88 Å². The van der Waals surface area contributed by atoms with Crippen LogP contribution >= 0.6 is 0 Å². The number of para-hydroxylation sites is 1. The van der Waals surface area contributed by atoms with E-state index in [2.05, 4.69) is 4.98 Å². The lowest BCUT2D eigenvalue weighted by Crippen LogP contribution is -2.05. The number of nitrogens with two attached hydrogens (primary N) is 1. The molecular formula is C15H16N2O3. The molecule has 1 aromatic carbocycles. The first-order valence-electron chi connectivity index (χ1n) is 6.33. The van der Waals surface area contributed by atoms with Crippen molar-refractivity contribution in [3.05, 3.63) is 53.7 Å². The first-order valence-corrected chi connectivity index (χ1v) is 6.33. The molecule has 1 aromatic heterocycles. The van der Waals surface area contributed by atoms with Crippen LogP contribution in [-0.2, 0) is 11.3 Å². The molecule has 0 unspecified atom stereocenters. The highest BCUT2D eigenvalue weighted by atomic mass is 16.5. The lowest BCUT2D eigenvalue weighted by atomic mass is 10.2. The van der Waals surface area contributed by atoms with Crippen molar-refractivity contribution in [3.8, 4) is 11.6 Å². The van der Waals surface area contributed by atoms with Crippen LogP contribution in [0.4, 0.5) is 0 Å². The minimum Gasteiger partial charge on any atom is -0.462 e. The van der Waals surface area contributed by atoms with Crippen molar-refractivity contribution in [3.63, 3.8) is 0 Å². The van der Waals surface area contributed by atoms with Crippen molar-refractivity contribution in [1.29, 1.82) is 0 Å². The number of hydrogen-bond acceptors (Lipinski definition) is 5. The normalized spacial score (nSPS) is 10.1. The first kappa shape index (κ1) is 14.0. The number of nitrogens with zero attached hydrogens (tertiary/aromatic N) is 1. The summed E-state index contributed by atoms with van der Waals surface area (Å²) in [5.74, 6) is 0.666. The number of benzene rings is 1. The summed E-state index contributed by atoms with van der Waals surface area (Å²) in [6, 6.07) is 10.7. The maximum atomic E-state index is 11.5. The zero-order valence-corrected chi connectivity index (χ0v) is 11.2. The number of aromatic nitrogens is 1. The van der Waals surface area contributed by atoms with Crippen LogP contribution < -0.4 is 10.5 Å². The van der Waals surface area contributed by atoms with E-state index in [1.54, 1.807) is 19.1 Å². The average molecular weight is 272 g/mol. The topological polar surface area (TPSA) is 74.4 Å². The van der Waals surface area contributed by atoms with E-state index in [0.29, 0.717) is 30.3 Å². The van der Waals surface area contributed by atoms with Gasteiger partial charge in [-0.3, -0.25) is 0 Å². The molecule has 0 aliphatic rings. The van der Waals surface area contributed by atoms with Gasteiger partial charge in [0.1, 0.15) is 5.75 Å². The van der Waals surface area contributed by atoms with Gasteiger partial charge in [0, 0.05) is 24.4 Å². The molecule has 2 aromatic rings. The van der Waals surface area contributed by atoms with Crippen LogP contribution in [0.3, 0.4) is 0 Å². The average Bonchev–Trinajstić information content (AvgIpc) is 2.49. The van der Waals surface area contributed by atoms with Gasteiger partial charge in [0.25, 0.3) is 0 Å². The Morgan fingerprint density at radius 2 is 2.05 bits per heavy atom. The fraction of sp³-hybridized carbons (Fsp3) is 0.200. The Labute approximate surface area is 117 Å². The standard InChI is InChI=1S/C15H16N2O3/c1-2-19-15(18)12-7-8-14(17-10-12)20-13-6-4-3-5-11(13)9-16/h3-8,10H,2,9,16H2,1H3. The molecule has 0 aliphatic heterocycles. The van der Waals surface area contributed by atoms with Crippen LogP contribution in [-0.4, -0.2) is 17.6 Å².